The zero-order valence-corrected chi connectivity index (χ0v) is 13.6. The first-order valence-electron chi connectivity index (χ1n) is 7.31. The molecule has 2 aromatic carbocycles. The molecule has 1 aromatic heterocycles. The summed E-state index contributed by atoms with van der Waals surface area (Å²) in [5.41, 5.74) is 1.43. The number of benzene rings is 2. The molecule has 0 saturated carbocycles. The topological polar surface area (TPSA) is 42.0 Å². The van der Waals surface area contributed by atoms with Crippen LogP contribution in [0.25, 0.3) is 10.9 Å². The van der Waals surface area contributed by atoms with E-state index in [4.69, 9.17) is 0 Å². The molecular formula is C18H14F2N2OS. The number of anilines is 1. The molecule has 0 radical (unpaired) electrons. The summed E-state index contributed by atoms with van der Waals surface area (Å²) in [5, 5.41) is 3.13. The molecule has 3 aromatic rings. The molecule has 1 atom stereocenters. The van der Waals surface area contributed by atoms with E-state index in [-0.39, 0.29) is 10.8 Å². The van der Waals surface area contributed by atoms with Crippen LogP contribution in [0.4, 0.5) is 14.5 Å². The Morgan fingerprint density at radius 3 is 2.79 bits per heavy atom. The van der Waals surface area contributed by atoms with Crippen molar-refractivity contribution in [2.75, 3.05) is 5.32 Å². The first kappa shape index (κ1) is 16.4. The van der Waals surface area contributed by atoms with E-state index in [1.54, 1.807) is 25.3 Å². The van der Waals surface area contributed by atoms with Gasteiger partial charge in [-0.15, -0.1) is 11.8 Å². The molecule has 0 saturated heterocycles. The average Bonchev–Trinajstić information content (AvgIpc) is 2.57. The molecule has 1 heterocycles. The van der Waals surface area contributed by atoms with E-state index in [9.17, 15) is 13.6 Å². The molecule has 0 bridgehead atoms. The summed E-state index contributed by atoms with van der Waals surface area (Å²) in [6.07, 6.45) is 1.68. The van der Waals surface area contributed by atoms with Gasteiger partial charge in [0.25, 0.3) is 0 Å². The molecule has 122 valence electrons. The van der Waals surface area contributed by atoms with Crippen LogP contribution in [0.3, 0.4) is 0 Å². The van der Waals surface area contributed by atoms with Crippen LogP contribution in [0.2, 0.25) is 0 Å². The molecule has 0 aliphatic rings. The number of carbonyl (C=O) groups is 1. The third-order valence-electron chi connectivity index (χ3n) is 3.47. The molecule has 6 heteroatoms. The number of carbonyl (C=O) groups excluding carboxylic acids is 1. The number of aromatic nitrogens is 1. The number of pyridine rings is 1. The normalized spacial score (nSPS) is 12.1. The molecule has 1 N–H and O–H groups in total. The summed E-state index contributed by atoms with van der Waals surface area (Å²) >= 11 is 1.04. The fourth-order valence-corrected chi connectivity index (χ4v) is 3.13. The number of rotatable bonds is 4. The molecule has 0 spiro atoms. The van der Waals surface area contributed by atoms with Crippen molar-refractivity contribution in [2.24, 2.45) is 0 Å². The Hall–Kier alpha value is -2.47. The maximum absolute atomic E-state index is 13.7. The molecule has 24 heavy (non-hydrogen) atoms. The van der Waals surface area contributed by atoms with Gasteiger partial charge in [0.2, 0.25) is 5.91 Å². The van der Waals surface area contributed by atoms with E-state index in [0.717, 1.165) is 28.7 Å². The summed E-state index contributed by atoms with van der Waals surface area (Å²) in [6.45, 7) is 1.67. The Morgan fingerprint density at radius 1 is 1.17 bits per heavy atom. The second-order valence-corrected chi connectivity index (χ2v) is 6.58. The van der Waals surface area contributed by atoms with Gasteiger partial charge in [0.05, 0.1) is 16.5 Å². The second-order valence-electron chi connectivity index (χ2n) is 5.20. The molecule has 3 nitrogen and oxygen atoms in total. The second kappa shape index (κ2) is 6.97. The summed E-state index contributed by atoms with van der Waals surface area (Å²) in [6, 6.07) is 12.4. The molecule has 3 rings (SSSR count). The standard InChI is InChI=1S/C18H14F2N2OS/c1-11(24-17-8-7-12(19)10-14(17)20)18(23)22-16-6-2-5-15-13(16)4-3-9-21-15/h2-11H,1H3,(H,22,23)/t11-/m1/s1. The van der Waals surface area contributed by atoms with Gasteiger partial charge in [-0.05, 0) is 43.3 Å². The van der Waals surface area contributed by atoms with Gasteiger partial charge in [0.1, 0.15) is 11.6 Å². The number of hydrogen-bond acceptors (Lipinski definition) is 3. The number of thioether (sulfide) groups is 1. The number of hydrogen-bond donors (Lipinski definition) is 1. The number of fused-ring (bicyclic) bond motifs is 1. The minimum absolute atomic E-state index is 0.235. The minimum atomic E-state index is -0.672. The first-order valence-corrected chi connectivity index (χ1v) is 8.19. The lowest BCUT2D eigenvalue weighted by atomic mass is 10.2. The van der Waals surface area contributed by atoms with Crippen molar-refractivity contribution in [3.8, 4) is 0 Å². The first-order chi connectivity index (χ1) is 11.5. The highest BCUT2D eigenvalue weighted by Gasteiger charge is 2.17. The molecule has 0 aliphatic heterocycles. The maximum atomic E-state index is 13.7. The molecule has 1 amide bonds. The molecule has 0 unspecified atom stereocenters. The van der Waals surface area contributed by atoms with E-state index in [1.165, 1.54) is 12.1 Å². The van der Waals surface area contributed by atoms with Crippen LogP contribution in [-0.4, -0.2) is 16.1 Å². The summed E-state index contributed by atoms with van der Waals surface area (Å²) in [4.78, 5) is 16.9. The number of amides is 1. The highest BCUT2D eigenvalue weighted by Crippen LogP contribution is 2.28. The predicted octanol–water partition coefficient (Wildman–Crippen LogP) is 4.63. The lowest BCUT2D eigenvalue weighted by Crippen LogP contribution is -2.22. The van der Waals surface area contributed by atoms with Crippen molar-refractivity contribution in [3.05, 3.63) is 66.4 Å². The van der Waals surface area contributed by atoms with E-state index in [2.05, 4.69) is 10.3 Å². The fourth-order valence-electron chi connectivity index (χ4n) is 2.26. The van der Waals surface area contributed by atoms with Gasteiger partial charge >= 0.3 is 0 Å². The van der Waals surface area contributed by atoms with Crippen LogP contribution in [0.1, 0.15) is 6.92 Å². The Kier molecular flexibility index (Phi) is 4.76. The highest BCUT2D eigenvalue weighted by atomic mass is 32.2. The van der Waals surface area contributed by atoms with E-state index < -0.39 is 16.9 Å². The van der Waals surface area contributed by atoms with E-state index in [1.807, 2.05) is 18.2 Å². The van der Waals surface area contributed by atoms with Crippen LogP contribution in [0.15, 0.2) is 59.6 Å². The number of nitrogens with zero attached hydrogens (tertiary/aromatic N) is 1. The van der Waals surface area contributed by atoms with Gasteiger partial charge < -0.3 is 5.32 Å². The van der Waals surface area contributed by atoms with E-state index in [0.29, 0.717) is 5.69 Å². The summed E-state index contributed by atoms with van der Waals surface area (Å²) in [5.74, 6) is -1.58. The fraction of sp³-hybridized carbons (Fsp3) is 0.111. The lowest BCUT2D eigenvalue weighted by Gasteiger charge is -2.13. The van der Waals surface area contributed by atoms with Crippen LogP contribution >= 0.6 is 11.8 Å². The number of nitrogens with one attached hydrogen (secondary N) is 1. The van der Waals surface area contributed by atoms with Gasteiger partial charge in [-0.1, -0.05) is 6.07 Å². The molecule has 0 aliphatic carbocycles. The minimum Gasteiger partial charge on any atom is -0.324 e. The quantitative estimate of drug-likeness (QED) is 0.702. The SMILES string of the molecule is C[C@@H](Sc1ccc(F)cc1F)C(=O)Nc1cccc2ncccc12. The largest absolute Gasteiger partial charge is 0.324 e. The monoisotopic (exact) mass is 344 g/mol. The van der Waals surface area contributed by atoms with Crippen LogP contribution in [0.5, 0.6) is 0 Å². The van der Waals surface area contributed by atoms with Crippen molar-refractivity contribution < 1.29 is 13.6 Å². The van der Waals surface area contributed by atoms with Gasteiger partial charge in [-0.25, -0.2) is 8.78 Å². The van der Waals surface area contributed by atoms with Gasteiger partial charge in [-0.2, -0.15) is 0 Å². The zero-order chi connectivity index (χ0) is 17.1. The molecule has 0 fully saturated rings. The Balaban J connectivity index is 1.76. The maximum Gasteiger partial charge on any atom is 0.237 e. The Morgan fingerprint density at radius 2 is 2.00 bits per heavy atom. The average molecular weight is 344 g/mol. The van der Waals surface area contributed by atoms with Crippen molar-refractivity contribution in [1.82, 2.24) is 4.98 Å². The third-order valence-corrected chi connectivity index (χ3v) is 4.62. The van der Waals surface area contributed by atoms with Crippen LogP contribution < -0.4 is 5.32 Å². The predicted molar refractivity (Wildman–Crippen MR) is 92.0 cm³/mol. The van der Waals surface area contributed by atoms with Crippen molar-refractivity contribution in [2.45, 2.75) is 17.1 Å². The summed E-state index contributed by atoms with van der Waals surface area (Å²) < 4.78 is 26.7. The zero-order valence-electron chi connectivity index (χ0n) is 12.8. The summed E-state index contributed by atoms with van der Waals surface area (Å²) in [7, 11) is 0. The third kappa shape index (κ3) is 3.54. The number of halogens is 2. The Labute approximate surface area is 142 Å². The van der Waals surface area contributed by atoms with Crippen molar-refractivity contribution in [1.29, 1.82) is 0 Å². The lowest BCUT2D eigenvalue weighted by molar-refractivity contribution is -0.115. The van der Waals surface area contributed by atoms with Crippen molar-refractivity contribution >= 4 is 34.3 Å². The van der Waals surface area contributed by atoms with Gasteiger partial charge in [0.15, 0.2) is 0 Å². The van der Waals surface area contributed by atoms with Gasteiger partial charge in [0, 0.05) is 22.5 Å². The Bertz CT molecular complexity index is 896. The highest BCUT2D eigenvalue weighted by molar-refractivity contribution is 8.00. The van der Waals surface area contributed by atoms with E-state index >= 15 is 0 Å². The van der Waals surface area contributed by atoms with Crippen LogP contribution in [0, 0.1) is 11.6 Å². The smallest absolute Gasteiger partial charge is 0.237 e. The molecular weight excluding hydrogens is 330 g/mol. The van der Waals surface area contributed by atoms with Gasteiger partial charge in [-0.3, -0.25) is 9.78 Å². The van der Waals surface area contributed by atoms with Crippen LogP contribution in [-0.2, 0) is 4.79 Å². The van der Waals surface area contributed by atoms with Crippen molar-refractivity contribution in [3.63, 3.8) is 0 Å².